The lowest BCUT2D eigenvalue weighted by molar-refractivity contribution is -0.152. The van der Waals surface area contributed by atoms with Gasteiger partial charge in [-0.25, -0.2) is 0 Å². The molecule has 3 heteroatoms. The van der Waals surface area contributed by atoms with Crippen molar-refractivity contribution in [2.45, 2.75) is 77.9 Å². The molecule has 1 saturated carbocycles. The predicted octanol–water partition coefficient (Wildman–Crippen LogP) is 3.02. The summed E-state index contributed by atoms with van der Waals surface area (Å²) < 4.78 is 5.49. The molecule has 0 saturated heterocycles. The number of hydrogen-bond donors (Lipinski definition) is 1. The van der Waals surface area contributed by atoms with Crippen molar-refractivity contribution in [3.63, 3.8) is 0 Å². The Labute approximate surface area is 105 Å². The van der Waals surface area contributed by atoms with Gasteiger partial charge in [0.15, 0.2) is 0 Å². The lowest BCUT2D eigenvalue weighted by atomic mass is 9.76. The second-order valence-electron chi connectivity index (χ2n) is 6.84. The lowest BCUT2D eigenvalue weighted by Crippen LogP contribution is -2.33. The molecule has 0 amide bonds. The van der Waals surface area contributed by atoms with E-state index < -0.39 is 0 Å². The van der Waals surface area contributed by atoms with E-state index in [0.717, 1.165) is 25.7 Å². The van der Waals surface area contributed by atoms with Crippen LogP contribution in [-0.2, 0) is 9.53 Å². The highest BCUT2D eigenvalue weighted by Gasteiger charge is 2.28. The second-order valence-corrected chi connectivity index (χ2v) is 6.84. The van der Waals surface area contributed by atoms with Crippen LogP contribution in [0.25, 0.3) is 0 Å². The van der Waals surface area contributed by atoms with Crippen LogP contribution in [0.4, 0.5) is 0 Å². The Morgan fingerprint density at radius 2 is 1.88 bits per heavy atom. The molecule has 17 heavy (non-hydrogen) atoms. The highest BCUT2D eigenvalue weighted by atomic mass is 16.5. The summed E-state index contributed by atoms with van der Waals surface area (Å²) in [5.41, 5.74) is 5.98. The minimum Gasteiger partial charge on any atom is -0.462 e. The van der Waals surface area contributed by atoms with Crippen molar-refractivity contribution < 1.29 is 9.53 Å². The summed E-state index contributed by atoms with van der Waals surface area (Å²) in [6.45, 7) is 8.43. The van der Waals surface area contributed by atoms with Crippen LogP contribution < -0.4 is 5.73 Å². The van der Waals surface area contributed by atoms with E-state index in [0.29, 0.717) is 18.3 Å². The van der Waals surface area contributed by atoms with Gasteiger partial charge in [-0.15, -0.1) is 0 Å². The van der Waals surface area contributed by atoms with Crippen LogP contribution in [0.15, 0.2) is 0 Å². The number of esters is 1. The standard InChI is InChI=1S/C14H27NO2/c1-13(2)8-5-11(6-9-13)17-12(16)7-10-14(3,4)15/h11H,5-10,15H2,1-4H3. The average Bonchev–Trinajstić information content (AvgIpc) is 2.17. The van der Waals surface area contributed by atoms with E-state index in [1.54, 1.807) is 0 Å². The van der Waals surface area contributed by atoms with Crippen molar-refractivity contribution in [3.05, 3.63) is 0 Å². The van der Waals surface area contributed by atoms with Gasteiger partial charge in [0.05, 0.1) is 0 Å². The van der Waals surface area contributed by atoms with Gasteiger partial charge in [0.1, 0.15) is 6.10 Å². The third-order valence-electron chi connectivity index (χ3n) is 3.56. The van der Waals surface area contributed by atoms with E-state index in [1.165, 1.54) is 0 Å². The van der Waals surface area contributed by atoms with E-state index >= 15 is 0 Å². The van der Waals surface area contributed by atoms with Gasteiger partial charge in [0.2, 0.25) is 0 Å². The molecule has 0 aromatic carbocycles. The zero-order chi connectivity index (χ0) is 13.1. The normalized spacial score (nSPS) is 21.2. The summed E-state index contributed by atoms with van der Waals surface area (Å²) in [7, 11) is 0. The first-order valence-electron chi connectivity index (χ1n) is 6.66. The van der Waals surface area contributed by atoms with Gasteiger partial charge in [-0.1, -0.05) is 13.8 Å². The Hall–Kier alpha value is -0.570. The zero-order valence-corrected chi connectivity index (χ0v) is 11.7. The fourth-order valence-corrected chi connectivity index (χ4v) is 2.16. The summed E-state index contributed by atoms with van der Waals surface area (Å²) in [6, 6.07) is 0. The van der Waals surface area contributed by atoms with E-state index in [9.17, 15) is 4.79 Å². The van der Waals surface area contributed by atoms with Gasteiger partial charge >= 0.3 is 5.97 Å². The first-order chi connectivity index (χ1) is 7.68. The highest BCUT2D eigenvalue weighted by molar-refractivity contribution is 5.69. The van der Waals surface area contributed by atoms with Crippen LogP contribution in [0.3, 0.4) is 0 Å². The minimum atomic E-state index is -0.284. The molecule has 0 aromatic heterocycles. The molecule has 1 aliphatic rings. The van der Waals surface area contributed by atoms with Gasteiger partial charge in [-0.3, -0.25) is 4.79 Å². The molecule has 1 fully saturated rings. The molecule has 0 heterocycles. The van der Waals surface area contributed by atoms with Crippen molar-refractivity contribution in [3.8, 4) is 0 Å². The van der Waals surface area contributed by atoms with Crippen molar-refractivity contribution in [2.24, 2.45) is 11.1 Å². The summed E-state index contributed by atoms with van der Waals surface area (Å²) >= 11 is 0. The molecule has 0 bridgehead atoms. The van der Waals surface area contributed by atoms with Crippen molar-refractivity contribution in [1.29, 1.82) is 0 Å². The number of rotatable bonds is 4. The summed E-state index contributed by atoms with van der Waals surface area (Å²) in [5.74, 6) is -0.0896. The van der Waals surface area contributed by atoms with E-state index in [1.807, 2.05) is 13.8 Å². The number of nitrogens with two attached hydrogens (primary N) is 1. The third kappa shape index (κ3) is 6.06. The number of hydrogen-bond acceptors (Lipinski definition) is 3. The maximum Gasteiger partial charge on any atom is 0.306 e. The Morgan fingerprint density at radius 3 is 2.35 bits per heavy atom. The van der Waals surface area contributed by atoms with Gasteiger partial charge in [-0.05, 0) is 51.4 Å². The molecule has 0 spiro atoms. The van der Waals surface area contributed by atoms with Crippen LogP contribution >= 0.6 is 0 Å². The molecule has 1 rings (SSSR count). The van der Waals surface area contributed by atoms with Crippen molar-refractivity contribution in [1.82, 2.24) is 0 Å². The molecule has 0 atom stereocenters. The Balaban J connectivity index is 2.24. The first-order valence-corrected chi connectivity index (χ1v) is 6.66. The maximum absolute atomic E-state index is 11.6. The fourth-order valence-electron chi connectivity index (χ4n) is 2.16. The molecule has 3 nitrogen and oxygen atoms in total. The molecule has 100 valence electrons. The second kappa shape index (κ2) is 5.38. The van der Waals surface area contributed by atoms with E-state index in [-0.39, 0.29) is 17.6 Å². The minimum absolute atomic E-state index is 0.0896. The van der Waals surface area contributed by atoms with Crippen LogP contribution in [0.2, 0.25) is 0 Å². The smallest absolute Gasteiger partial charge is 0.306 e. The first kappa shape index (κ1) is 14.5. The van der Waals surface area contributed by atoms with E-state index in [4.69, 9.17) is 10.5 Å². The largest absolute Gasteiger partial charge is 0.462 e. The quantitative estimate of drug-likeness (QED) is 0.770. The highest BCUT2D eigenvalue weighted by Crippen LogP contribution is 2.36. The molecule has 0 unspecified atom stereocenters. The van der Waals surface area contributed by atoms with Gasteiger partial charge < -0.3 is 10.5 Å². The summed E-state index contributed by atoms with van der Waals surface area (Å²) in [5, 5.41) is 0. The van der Waals surface area contributed by atoms with Crippen molar-refractivity contribution in [2.75, 3.05) is 0 Å². The predicted molar refractivity (Wildman–Crippen MR) is 69.6 cm³/mol. The van der Waals surface area contributed by atoms with Gasteiger partial charge in [0.25, 0.3) is 0 Å². The van der Waals surface area contributed by atoms with Crippen LogP contribution in [0.1, 0.15) is 66.2 Å². The number of carbonyl (C=O) groups is 1. The average molecular weight is 241 g/mol. The van der Waals surface area contributed by atoms with E-state index in [2.05, 4.69) is 13.8 Å². The number of ether oxygens (including phenoxy) is 1. The topological polar surface area (TPSA) is 52.3 Å². The Bertz CT molecular complexity index is 256. The monoisotopic (exact) mass is 241 g/mol. The van der Waals surface area contributed by atoms with Crippen LogP contribution in [0, 0.1) is 5.41 Å². The van der Waals surface area contributed by atoms with Gasteiger partial charge in [-0.2, -0.15) is 0 Å². The molecule has 0 aliphatic heterocycles. The number of carbonyl (C=O) groups excluding carboxylic acids is 1. The Morgan fingerprint density at radius 1 is 1.35 bits per heavy atom. The van der Waals surface area contributed by atoms with Crippen molar-refractivity contribution >= 4 is 5.97 Å². The molecular weight excluding hydrogens is 214 g/mol. The maximum atomic E-state index is 11.6. The molecule has 0 radical (unpaired) electrons. The molecule has 0 aromatic rings. The third-order valence-corrected chi connectivity index (χ3v) is 3.56. The summed E-state index contributed by atoms with van der Waals surface area (Å²) in [6.07, 6.45) is 5.56. The fraction of sp³-hybridized carbons (Fsp3) is 0.929. The molecular formula is C14H27NO2. The van der Waals surface area contributed by atoms with Gasteiger partial charge in [0, 0.05) is 12.0 Å². The van der Waals surface area contributed by atoms with Crippen LogP contribution in [0.5, 0.6) is 0 Å². The summed E-state index contributed by atoms with van der Waals surface area (Å²) in [4.78, 5) is 11.6. The Kier molecular flexibility index (Phi) is 4.59. The lowest BCUT2D eigenvalue weighted by Gasteiger charge is -2.34. The van der Waals surface area contributed by atoms with Crippen LogP contribution in [-0.4, -0.2) is 17.6 Å². The molecule has 2 N–H and O–H groups in total. The SMILES string of the molecule is CC(C)(N)CCC(=O)OC1CCC(C)(C)CC1. The zero-order valence-electron chi connectivity index (χ0n) is 11.7. The molecule has 1 aliphatic carbocycles.